The molecule has 7 heteroatoms. The Morgan fingerprint density at radius 3 is 2.30 bits per heavy atom. The van der Waals surface area contributed by atoms with Crippen LogP contribution in [0.2, 0.25) is 0 Å². The number of aliphatic hydroxyl groups excluding tert-OH is 1. The van der Waals surface area contributed by atoms with E-state index in [4.69, 9.17) is 9.47 Å². The van der Waals surface area contributed by atoms with Gasteiger partial charge >= 0.3 is 0 Å². The van der Waals surface area contributed by atoms with Crippen LogP contribution in [0.4, 0.5) is 0 Å². The first kappa shape index (κ1) is 32.1. The maximum atomic E-state index is 12.7. The molecule has 2 N–H and O–H groups in total. The Labute approximate surface area is 272 Å². The average Bonchev–Trinajstić information content (AvgIpc) is 3.10. The fraction of sp³-hybridized carbons (Fsp3) is 0.385. The number of likely N-dealkylation sites (tertiary alicyclic amines) is 1. The van der Waals surface area contributed by atoms with E-state index in [1.54, 1.807) is 24.5 Å². The highest BCUT2D eigenvalue weighted by Crippen LogP contribution is 2.42. The van der Waals surface area contributed by atoms with E-state index in [0.29, 0.717) is 12.1 Å². The zero-order valence-corrected chi connectivity index (χ0v) is 26.7. The van der Waals surface area contributed by atoms with Gasteiger partial charge in [-0.3, -0.25) is 9.78 Å². The van der Waals surface area contributed by atoms with Crippen LogP contribution in [-0.4, -0.2) is 46.6 Å². The molecule has 4 atom stereocenters. The van der Waals surface area contributed by atoms with Gasteiger partial charge in [0.15, 0.2) is 6.29 Å². The third kappa shape index (κ3) is 7.91. The second-order valence-electron chi connectivity index (χ2n) is 12.6. The lowest BCUT2D eigenvalue weighted by Crippen LogP contribution is -2.45. The Bertz CT molecular complexity index is 1540. The van der Waals surface area contributed by atoms with Crippen molar-refractivity contribution in [2.24, 2.45) is 5.92 Å². The zero-order chi connectivity index (χ0) is 31.7. The maximum Gasteiger partial charge on any atom is 0.253 e. The van der Waals surface area contributed by atoms with Crippen molar-refractivity contribution in [1.29, 1.82) is 0 Å². The number of carbonyl (C=O) groups excluding carboxylic acids is 1. The van der Waals surface area contributed by atoms with Gasteiger partial charge in [-0.25, -0.2) is 0 Å². The molecule has 0 radical (unpaired) electrons. The van der Waals surface area contributed by atoms with Crippen LogP contribution in [0, 0.1) is 5.92 Å². The standard InChI is InChI=1S/C39H45N3O4/c1-28-36(26-42-22-7-3-2-4-8-23-42)45-39(46-37(28)31-15-13-29(27-43)14-16-31)32-19-17-30(18-20-32)35-12-6-5-10-33(35)25-41-38(44)34-11-9-21-40-24-34/h5-6,9-21,24,28,36-37,39,43H,2-4,7-8,22-23,25-27H2,1H3,(H,41,44)/t28-,36+,37+,39+/m0/s1. The van der Waals surface area contributed by atoms with Gasteiger partial charge in [-0.05, 0) is 65.9 Å². The highest BCUT2D eigenvalue weighted by atomic mass is 16.7. The highest BCUT2D eigenvalue weighted by Gasteiger charge is 2.39. The molecule has 3 heterocycles. The summed E-state index contributed by atoms with van der Waals surface area (Å²) >= 11 is 0. The van der Waals surface area contributed by atoms with Gasteiger partial charge in [0, 0.05) is 37.0 Å². The van der Waals surface area contributed by atoms with Gasteiger partial charge in [0.25, 0.3) is 5.91 Å². The first-order chi connectivity index (χ1) is 22.6. The van der Waals surface area contributed by atoms with Crippen molar-refractivity contribution in [2.75, 3.05) is 19.6 Å². The number of pyridine rings is 1. The summed E-state index contributed by atoms with van der Waals surface area (Å²) in [6, 6.07) is 28.2. The lowest BCUT2D eigenvalue weighted by molar-refractivity contribution is -0.276. The van der Waals surface area contributed by atoms with Gasteiger partial charge in [0.05, 0.1) is 24.4 Å². The maximum absolute atomic E-state index is 12.7. The predicted octanol–water partition coefficient (Wildman–Crippen LogP) is 7.23. The number of nitrogens with one attached hydrogen (secondary N) is 1. The van der Waals surface area contributed by atoms with Crippen LogP contribution in [0.15, 0.2) is 97.3 Å². The number of hydrogen-bond acceptors (Lipinski definition) is 6. The summed E-state index contributed by atoms with van der Waals surface area (Å²) in [5, 5.41) is 12.6. The summed E-state index contributed by atoms with van der Waals surface area (Å²) < 4.78 is 13.5. The van der Waals surface area contributed by atoms with E-state index in [2.05, 4.69) is 64.6 Å². The molecule has 0 unspecified atom stereocenters. The minimum absolute atomic E-state index is 0.0181. The lowest BCUT2D eigenvalue weighted by Gasteiger charge is -2.43. The summed E-state index contributed by atoms with van der Waals surface area (Å²) in [4.78, 5) is 19.3. The molecule has 2 aliphatic heterocycles. The normalized spacial score (nSPS) is 22.5. The number of nitrogens with zero attached hydrogens (tertiary/aromatic N) is 2. The second-order valence-corrected chi connectivity index (χ2v) is 12.6. The molecule has 0 saturated carbocycles. The Balaban J connectivity index is 1.21. The van der Waals surface area contributed by atoms with Crippen LogP contribution in [0.5, 0.6) is 0 Å². The number of ether oxygens (including phenoxy) is 2. The number of aromatic nitrogens is 1. The van der Waals surface area contributed by atoms with Crippen molar-refractivity contribution in [3.8, 4) is 11.1 Å². The van der Waals surface area contributed by atoms with Gasteiger partial charge in [-0.2, -0.15) is 0 Å². The van der Waals surface area contributed by atoms with Gasteiger partial charge < -0.3 is 24.8 Å². The molecule has 1 aromatic heterocycles. The number of amides is 1. The third-order valence-electron chi connectivity index (χ3n) is 9.38. The first-order valence-corrected chi connectivity index (χ1v) is 16.7. The SMILES string of the molecule is C[C@H]1[C@@H](CN2CCCCCCC2)O[C@@H](c2ccc(-c3ccccc3CNC(=O)c3cccnc3)cc2)O[C@H]1c1ccc(CO)cc1. The van der Waals surface area contributed by atoms with Crippen molar-refractivity contribution < 1.29 is 19.4 Å². The summed E-state index contributed by atoms with van der Waals surface area (Å²) in [5.41, 5.74) is 6.68. The van der Waals surface area contributed by atoms with Gasteiger partial charge in [0.1, 0.15) is 0 Å². The topological polar surface area (TPSA) is 83.9 Å². The molecular weight excluding hydrogens is 574 g/mol. The molecular formula is C39H45N3O4. The average molecular weight is 620 g/mol. The van der Waals surface area contributed by atoms with Gasteiger partial charge in [-0.15, -0.1) is 0 Å². The van der Waals surface area contributed by atoms with E-state index in [0.717, 1.165) is 53.0 Å². The molecule has 240 valence electrons. The van der Waals surface area contributed by atoms with E-state index in [1.807, 2.05) is 30.3 Å². The number of carbonyl (C=O) groups is 1. The van der Waals surface area contributed by atoms with Crippen molar-refractivity contribution in [2.45, 2.75) is 70.7 Å². The van der Waals surface area contributed by atoms with Crippen LogP contribution in [-0.2, 0) is 22.6 Å². The molecule has 46 heavy (non-hydrogen) atoms. The Hall–Kier alpha value is -3.88. The minimum atomic E-state index is -0.499. The molecule has 0 aliphatic carbocycles. The smallest absolute Gasteiger partial charge is 0.253 e. The predicted molar refractivity (Wildman–Crippen MR) is 180 cm³/mol. The Kier molecular flexibility index (Phi) is 10.9. The monoisotopic (exact) mass is 619 g/mol. The molecule has 0 spiro atoms. The summed E-state index contributed by atoms with van der Waals surface area (Å²) in [6.07, 6.45) is 9.04. The Morgan fingerprint density at radius 2 is 1.59 bits per heavy atom. The number of benzene rings is 3. The van der Waals surface area contributed by atoms with Crippen LogP contribution >= 0.6 is 0 Å². The number of hydrogen-bond donors (Lipinski definition) is 2. The number of rotatable bonds is 9. The fourth-order valence-corrected chi connectivity index (χ4v) is 6.63. The molecule has 1 amide bonds. The molecule has 2 aliphatic rings. The lowest BCUT2D eigenvalue weighted by atomic mass is 9.89. The van der Waals surface area contributed by atoms with Crippen molar-refractivity contribution >= 4 is 5.91 Å². The van der Waals surface area contributed by atoms with Gasteiger partial charge in [0.2, 0.25) is 0 Å². The molecule has 7 nitrogen and oxygen atoms in total. The highest BCUT2D eigenvalue weighted by molar-refractivity contribution is 5.93. The van der Waals surface area contributed by atoms with Crippen molar-refractivity contribution in [3.63, 3.8) is 0 Å². The molecule has 2 fully saturated rings. The second kappa shape index (κ2) is 15.6. The van der Waals surface area contributed by atoms with Crippen LogP contribution in [0.3, 0.4) is 0 Å². The van der Waals surface area contributed by atoms with Crippen molar-refractivity contribution in [1.82, 2.24) is 15.2 Å². The summed E-state index contributed by atoms with van der Waals surface area (Å²) in [6.45, 7) is 5.80. The summed E-state index contributed by atoms with van der Waals surface area (Å²) in [5.74, 6) is 0.0135. The van der Waals surface area contributed by atoms with Crippen LogP contribution < -0.4 is 5.32 Å². The zero-order valence-electron chi connectivity index (χ0n) is 26.7. The molecule has 0 bridgehead atoms. The van der Waals surface area contributed by atoms with Crippen LogP contribution in [0.1, 0.15) is 84.0 Å². The molecule has 3 aromatic carbocycles. The van der Waals surface area contributed by atoms with E-state index < -0.39 is 6.29 Å². The van der Waals surface area contributed by atoms with E-state index in [-0.39, 0.29) is 30.6 Å². The molecule has 4 aromatic rings. The van der Waals surface area contributed by atoms with E-state index in [1.165, 1.54) is 32.1 Å². The van der Waals surface area contributed by atoms with E-state index in [9.17, 15) is 9.90 Å². The van der Waals surface area contributed by atoms with Crippen LogP contribution in [0.25, 0.3) is 11.1 Å². The fourth-order valence-electron chi connectivity index (χ4n) is 6.63. The number of aliphatic hydroxyl groups is 1. The first-order valence-electron chi connectivity index (χ1n) is 16.7. The largest absolute Gasteiger partial charge is 0.392 e. The van der Waals surface area contributed by atoms with Gasteiger partial charge in [-0.1, -0.05) is 99.0 Å². The quantitative estimate of drug-likeness (QED) is 0.206. The minimum Gasteiger partial charge on any atom is -0.392 e. The molecule has 6 rings (SSSR count). The molecule has 2 saturated heterocycles. The summed E-state index contributed by atoms with van der Waals surface area (Å²) in [7, 11) is 0. The van der Waals surface area contributed by atoms with E-state index >= 15 is 0 Å². The Morgan fingerprint density at radius 1 is 0.870 bits per heavy atom. The third-order valence-corrected chi connectivity index (χ3v) is 9.38. The van der Waals surface area contributed by atoms with Crippen molar-refractivity contribution in [3.05, 3.63) is 125 Å².